The van der Waals surface area contributed by atoms with Crippen LogP contribution in [0.3, 0.4) is 0 Å². The smallest absolute Gasteiger partial charge is 0.265 e. The van der Waals surface area contributed by atoms with Crippen LogP contribution in [-0.4, -0.2) is 59.4 Å². The molecule has 1 atom stereocenters. The van der Waals surface area contributed by atoms with E-state index in [0.29, 0.717) is 41.8 Å². The Kier molecular flexibility index (Phi) is 7.13. The first-order valence-corrected chi connectivity index (χ1v) is 12.1. The summed E-state index contributed by atoms with van der Waals surface area (Å²) in [5.41, 5.74) is 1.25. The summed E-state index contributed by atoms with van der Waals surface area (Å²) in [5.74, 6) is 0.837. The molecule has 2 aliphatic heterocycles. The third-order valence-electron chi connectivity index (χ3n) is 6.17. The standard InChI is InChI=1S/C23H28ClN3O3S/c24-18-6-4-7-19(12-18)30-16-23(13-21(28)26-9-2-1-3-10-26)8-5-11-27(15-23)22(29)20-14-25-17-31-20/h4,6-7,12,14,17H,1-3,5,8-11,13,15-16H2. The second kappa shape index (κ2) is 10.0. The van der Waals surface area contributed by atoms with Crippen LogP contribution in [0.25, 0.3) is 0 Å². The van der Waals surface area contributed by atoms with Crippen molar-refractivity contribution in [1.82, 2.24) is 14.8 Å². The molecule has 2 fully saturated rings. The number of carbonyl (C=O) groups is 2. The third-order valence-corrected chi connectivity index (χ3v) is 7.16. The molecule has 0 radical (unpaired) electrons. The fourth-order valence-corrected chi connectivity index (χ4v) is 5.31. The molecule has 2 aromatic rings. The Balaban J connectivity index is 1.52. The van der Waals surface area contributed by atoms with Gasteiger partial charge in [0.2, 0.25) is 5.91 Å². The topological polar surface area (TPSA) is 62.7 Å². The van der Waals surface area contributed by atoms with Crippen molar-refractivity contribution in [1.29, 1.82) is 0 Å². The van der Waals surface area contributed by atoms with Crippen molar-refractivity contribution >= 4 is 34.8 Å². The van der Waals surface area contributed by atoms with Crippen LogP contribution < -0.4 is 4.74 Å². The van der Waals surface area contributed by atoms with Crippen LogP contribution >= 0.6 is 22.9 Å². The number of aromatic nitrogens is 1. The van der Waals surface area contributed by atoms with Gasteiger partial charge in [-0.1, -0.05) is 17.7 Å². The largest absolute Gasteiger partial charge is 0.493 e. The average molecular weight is 462 g/mol. The summed E-state index contributed by atoms with van der Waals surface area (Å²) < 4.78 is 6.13. The second-order valence-electron chi connectivity index (χ2n) is 8.56. The number of ether oxygens (including phenoxy) is 1. The minimum Gasteiger partial charge on any atom is -0.493 e. The van der Waals surface area contributed by atoms with Gasteiger partial charge in [-0.05, 0) is 50.3 Å². The Hall–Kier alpha value is -2.12. The molecule has 166 valence electrons. The minimum atomic E-state index is -0.421. The number of carbonyl (C=O) groups excluding carboxylic acids is 2. The summed E-state index contributed by atoms with van der Waals surface area (Å²) in [7, 11) is 0. The average Bonchev–Trinajstić information content (AvgIpc) is 3.33. The fraction of sp³-hybridized carbons (Fsp3) is 0.522. The number of likely N-dealkylation sites (tertiary alicyclic amines) is 2. The van der Waals surface area contributed by atoms with Crippen molar-refractivity contribution in [2.45, 2.75) is 38.5 Å². The van der Waals surface area contributed by atoms with Crippen molar-refractivity contribution in [2.24, 2.45) is 5.41 Å². The van der Waals surface area contributed by atoms with Gasteiger partial charge in [0.15, 0.2) is 0 Å². The number of hydrogen-bond donors (Lipinski definition) is 0. The maximum absolute atomic E-state index is 13.2. The molecular formula is C23H28ClN3O3S. The lowest BCUT2D eigenvalue weighted by atomic mass is 9.77. The molecular weight excluding hydrogens is 434 g/mol. The number of thiazole rings is 1. The van der Waals surface area contributed by atoms with E-state index in [9.17, 15) is 9.59 Å². The van der Waals surface area contributed by atoms with Crippen LogP contribution in [-0.2, 0) is 4.79 Å². The molecule has 3 heterocycles. The Morgan fingerprint density at radius 2 is 1.94 bits per heavy atom. The monoisotopic (exact) mass is 461 g/mol. The molecule has 0 saturated carbocycles. The van der Waals surface area contributed by atoms with Crippen molar-refractivity contribution in [3.8, 4) is 5.75 Å². The van der Waals surface area contributed by atoms with Crippen molar-refractivity contribution < 1.29 is 14.3 Å². The lowest BCUT2D eigenvalue weighted by Gasteiger charge is -2.43. The number of benzene rings is 1. The lowest BCUT2D eigenvalue weighted by Crippen LogP contribution is -2.51. The zero-order chi connectivity index (χ0) is 21.7. The lowest BCUT2D eigenvalue weighted by molar-refractivity contribution is -0.136. The van der Waals surface area contributed by atoms with Crippen LogP contribution in [0.4, 0.5) is 0 Å². The van der Waals surface area contributed by atoms with E-state index >= 15 is 0 Å². The molecule has 6 nitrogen and oxygen atoms in total. The van der Waals surface area contributed by atoms with Gasteiger partial charge in [-0.25, -0.2) is 0 Å². The van der Waals surface area contributed by atoms with Crippen molar-refractivity contribution in [3.05, 3.63) is 45.9 Å². The Labute approximate surface area is 192 Å². The van der Waals surface area contributed by atoms with Gasteiger partial charge in [-0.3, -0.25) is 14.6 Å². The number of halogens is 1. The van der Waals surface area contributed by atoms with Gasteiger partial charge >= 0.3 is 0 Å². The molecule has 1 aromatic carbocycles. The maximum atomic E-state index is 13.2. The van der Waals surface area contributed by atoms with Crippen molar-refractivity contribution in [2.75, 3.05) is 32.8 Å². The highest BCUT2D eigenvalue weighted by molar-refractivity contribution is 7.11. The summed E-state index contributed by atoms with van der Waals surface area (Å²) in [6, 6.07) is 7.31. The predicted molar refractivity (Wildman–Crippen MR) is 122 cm³/mol. The number of hydrogen-bond acceptors (Lipinski definition) is 5. The van der Waals surface area contributed by atoms with Crippen LogP contribution in [0.5, 0.6) is 5.75 Å². The molecule has 0 bridgehead atoms. The third kappa shape index (κ3) is 5.57. The van der Waals surface area contributed by atoms with E-state index in [1.807, 2.05) is 21.9 Å². The summed E-state index contributed by atoms with van der Waals surface area (Å²) in [6.07, 6.45) is 7.01. The zero-order valence-corrected chi connectivity index (χ0v) is 19.2. The normalized spacial score (nSPS) is 21.7. The van der Waals surface area contributed by atoms with Gasteiger partial charge in [0, 0.05) is 43.0 Å². The predicted octanol–water partition coefficient (Wildman–Crippen LogP) is 4.50. The van der Waals surface area contributed by atoms with Gasteiger partial charge in [0.1, 0.15) is 10.6 Å². The molecule has 0 spiro atoms. The fourth-order valence-electron chi connectivity index (χ4n) is 4.54. The quantitative estimate of drug-likeness (QED) is 0.635. The SMILES string of the molecule is O=C(CC1(COc2cccc(Cl)c2)CCCN(C(=O)c2cncs2)C1)N1CCCCC1. The molecule has 1 unspecified atom stereocenters. The van der Waals surface area contributed by atoms with E-state index in [2.05, 4.69) is 4.98 Å². The molecule has 2 aliphatic rings. The first-order chi connectivity index (χ1) is 15.0. The van der Waals surface area contributed by atoms with Crippen molar-refractivity contribution in [3.63, 3.8) is 0 Å². The molecule has 31 heavy (non-hydrogen) atoms. The molecule has 2 amide bonds. The van der Waals surface area contributed by atoms with Gasteiger partial charge in [0.05, 0.1) is 18.3 Å². The van der Waals surface area contributed by atoms with Gasteiger partial charge in [0.25, 0.3) is 5.91 Å². The van der Waals surface area contributed by atoms with Crippen LogP contribution in [0, 0.1) is 5.41 Å². The summed E-state index contributed by atoms with van der Waals surface area (Å²) in [6.45, 7) is 3.22. The van der Waals surface area contributed by atoms with E-state index in [1.165, 1.54) is 17.8 Å². The summed E-state index contributed by atoms with van der Waals surface area (Å²) in [5, 5.41) is 0.613. The van der Waals surface area contributed by atoms with E-state index in [-0.39, 0.29) is 11.8 Å². The van der Waals surface area contributed by atoms with Crippen LogP contribution in [0.1, 0.15) is 48.2 Å². The molecule has 8 heteroatoms. The molecule has 0 N–H and O–H groups in total. The number of nitrogens with zero attached hydrogens (tertiary/aromatic N) is 3. The van der Waals surface area contributed by atoms with Crippen LogP contribution in [0.15, 0.2) is 36.0 Å². The van der Waals surface area contributed by atoms with Gasteiger partial charge in [-0.2, -0.15) is 0 Å². The number of piperidine rings is 2. The van der Waals surface area contributed by atoms with E-state index in [0.717, 1.165) is 38.8 Å². The number of rotatable bonds is 6. The molecule has 0 aliphatic carbocycles. The van der Waals surface area contributed by atoms with E-state index in [1.54, 1.807) is 23.8 Å². The molecule has 1 aromatic heterocycles. The van der Waals surface area contributed by atoms with Gasteiger partial charge in [-0.15, -0.1) is 11.3 Å². The number of amides is 2. The summed E-state index contributed by atoms with van der Waals surface area (Å²) in [4.78, 5) is 34.7. The second-order valence-corrected chi connectivity index (χ2v) is 9.88. The highest BCUT2D eigenvalue weighted by Crippen LogP contribution is 2.36. The Bertz CT molecular complexity index is 901. The first kappa shape index (κ1) is 22.1. The van der Waals surface area contributed by atoms with Crippen LogP contribution in [0.2, 0.25) is 5.02 Å². The van der Waals surface area contributed by atoms with Gasteiger partial charge < -0.3 is 14.5 Å². The first-order valence-electron chi connectivity index (χ1n) is 10.9. The highest BCUT2D eigenvalue weighted by Gasteiger charge is 2.41. The molecule has 4 rings (SSSR count). The van der Waals surface area contributed by atoms with E-state index in [4.69, 9.17) is 16.3 Å². The Morgan fingerprint density at radius 1 is 1.13 bits per heavy atom. The zero-order valence-electron chi connectivity index (χ0n) is 17.6. The Morgan fingerprint density at radius 3 is 2.68 bits per heavy atom. The molecule has 2 saturated heterocycles. The maximum Gasteiger partial charge on any atom is 0.265 e. The minimum absolute atomic E-state index is 0.0141. The highest BCUT2D eigenvalue weighted by atomic mass is 35.5. The summed E-state index contributed by atoms with van der Waals surface area (Å²) >= 11 is 7.46. The van der Waals surface area contributed by atoms with E-state index < -0.39 is 5.41 Å².